The molecule has 0 saturated carbocycles. The summed E-state index contributed by atoms with van der Waals surface area (Å²) in [4.78, 5) is 53.1. The summed E-state index contributed by atoms with van der Waals surface area (Å²) in [6.07, 6.45) is 17.8. The monoisotopic (exact) mass is 1400 g/mol. The van der Waals surface area contributed by atoms with Crippen LogP contribution in [0.15, 0.2) is 150 Å². The van der Waals surface area contributed by atoms with Gasteiger partial charge in [0.1, 0.15) is 34.6 Å². The van der Waals surface area contributed by atoms with Gasteiger partial charge in [0.15, 0.2) is 66.1 Å². The number of hydrogen-bond donors (Lipinski definition) is 5. The van der Waals surface area contributed by atoms with Crippen LogP contribution in [0.4, 0.5) is 31.7 Å². The minimum atomic E-state index is -0.486. The van der Waals surface area contributed by atoms with Gasteiger partial charge in [-0.1, -0.05) is 81.0 Å². The predicted molar refractivity (Wildman–Crippen MR) is 367 cm³/mol. The summed E-state index contributed by atoms with van der Waals surface area (Å²) in [5, 5.41) is 32.5. The van der Waals surface area contributed by atoms with Gasteiger partial charge in [0.05, 0.1) is 55.3 Å². The largest absolute Gasteiger partial charge is 0.505 e. The normalized spacial score (nSPS) is 10.2. The Kier molecular flexibility index (Phi) is 35.6. The number of nitrogens with two attached hydrogens (primary N) is 1. The number of nitrogen functional groups attached to an aromatic ring is 1. The van der Waals surface area contributed by atoms with Crippen molar-refractivity contribution in [1.82, 2.24) is 34.9 Å². The van der Waals surface area contributed by atoms with Crippen molar-refractivity contribution < 1.29 is 66.5 Å². The number of aromatic hydroxyl groups is 3. The van der Waals surface area contributed by atoms with Gasteiger partial charge in [-0.15, -0.1) is 0 Å². The first-order valence-electron chi connectivity index (χ1n) is 29.1. The molecule has 10 rings (SSSR count). The number of halogens is 6. The number of furan rings is 1. The number of methoxy groups -OCH3 is 3. The molecule has 0 aliphatic heterocycles. The zero-order chi connectivity index (χ0) is 70.4. The topological polar surface area (TPSA) is 304 Å². The lowest BCUT2D eigenvalue weighted by molar-refractivity contribution is 0.0494. The van der Waals surface area contributed by atoms with E-state index in [2.05, 4.69) is 45.2 Å². The van der Waals surface area contributed by atoms with E-state index in [-0.39, 0.29) is 58.7 Å². The number of pyridine rings is 7. The Bertz CT molecular complexity index is 4050. The predicted octanol–water partition coefficient (Wildman–Crippen LogP) is 15.8. The van der Waals surface area contributed by atoms with Gasteiger partial charge in [0.25, 0.3) is 0 Å². The fourth-order valence-corrected chi connectivity index (χ4v) is 8.36. The van der Waals surface area contributed by atoms with Crippen molar-refractivity contribution in [2.45, 2.75) is 66.7 Å². The fraction of sp³-hybridized carbons (Fsp3) is 0.235. The third kappa shape index (κ3) is 25.2. The Morgan fingerprint density at radius 3 is 1.55 bits per heavy atom. The Hall–Kier alpha value is -9.66. The van der Waals surface area contributed by atoms with Crippen LogP contribution in [-0.4, -0.2) is 111 Å². The van der Waals surface area contributed by atoms with E-state index in [1.54, 1.807) is 81.6 Å². The van der Waals surface area contributed by atoms with Crippen LogP contribution in [0.25, 0.3) is 11.0 Å². The van der Waals surface area contributed by atoms with Crippen molar-refractivity contribution in [2.75, 3.05) is 52.8 Å². The molecule has 0 radical (unpaired) electrons. The van der Waals surface area contributed by atoms with Gasteiger partial charge >= 0.3 is 0 Å². The molecule has 8 heterocycles. The number of aryl methyl sites for hydroxylation is 5. The number of nitrogens with one attached hydrogen (secondary N) is 1. The van der Waals surface area contributed by atoms with Crippen LogP contribution >= 0.6 is 46.4 Å². The van der Waals surface area contributed by atoms with E-state index in [0.717, 1.165) is 53.8 Å². The molecule has 0 aliphatic rings. The maximum atomic E-state index is 13.2. The highest BCUT2D eigenvalue weighted by Gasteiger charge is 2.16. The van der Waals surface area contributed by atoms with E-state index in [0.29, 0.717) is 86.5 Å². The summed E-state index contributed by atoms with van der Waals surface area (Å²) in [7, 11) is 4.68. The summed E-state index contributed by atoms with van der Waals surface area (Å²) in [6, 6.07) is 25.5. The van der Waals surface area contributed by atoms with Crippen molar-refractivity contribution in [2.24, 2.45) is 4.99 Å². The number of aromatic nitrogens is 7. The number of ether oxygens (including phenoxy) is 6. The summed E-state index contributed by atoms with van der Waals surface area (Å²) in [5.41, 5.74) is 13.5. The molecule has 508 valence electrons. The number of rotatable bonds is 20. The second-order valence-corrected chi connectivity index (χ2v) is 20.4. The highest BCUT2D eigenvalue weighted by molar-refractivity contribution is 6.31. The van der Waals surface area contributed by atoms with E-state index in [4.69, 9.17) is 90.1 Å². The van der Waals surface area contributed by atoms with Crippen LogP contribution in [0.5, 0.6) is 34.5 Å². The van der Waals surface area contributed by atoms with E-state index >= 15 is 0 Å². The van der Waals surface area contributed by atoms with Crippen LogP contribution < -0.4 is 25.3 Å². The minimum absolute atomic E-state index is 0.00463. The smallest absolute Gasteiger partial charge is 0.215 e. The van der Waals surface area contributed by atoms with Gasteiger partial charge in [-0.25, -0.2) is 18.7 Å². The summed E-state index contributed by atoms with van der Waals surface area (Å²) in [6.45, 7) is 10.4. The summed E-state index contributed by atoms with van der Waals surface area (Å²) >= 11 is 22.5. The third-order valence-corrected chi connectivity index (χ3v) is 13.6. The van der Waals surface area contributed by atoms with E-state index in [9.17, 15) is 28.6 Å². The second-order valence-electron chi connectivity index (χ2n) is 18.9. The molecule has 10 aromatic rings. The zero-order valence-corrected chi connectivity index (χ0v) is 56.6. The standard InChI is InChI=1S/C15H13ClFN3O.C14H12ClFN2O.C10H13NO3.C9H13NO2.C8H9NO2.C7H8ClNO2.C5H4ClNO/c1-2-12-14-9(5-6-19-12)13(15(18)21-14)20-8-3-4-11(17)10(16)7-8;1-2-13-14(19)9(5-6-17-13)8-18-10-3-4-12(16)11(15)7-10;1-3-9-10(14-7-13-2)8(6-12)4-5-11-9;1-3-8-9(12-7-11-2)5-4-6-10-8;1-2-7-8(11)6(5-10)3-4-9-7;1-10-5-11-6-3-2-4-9-7(6)8;6-5-4(8)2-1-3-7-5/h3-7,20H,2,18H2,1H3;3-8,19H,2H2,1H3;4-6H,3,7H2,1-2H3;4-6H,3,7H2,1-2H3;3-5,11H,2H2,1H3;2-4H,5H2,1H3;1-3,8H. The van der Waals surface area contributed by atoms with Crippen molar-refractivity contribution in [1.29, 1.82) is 0 Å². The lowest BCUT2D eigenvalue weighted by Crippen LogP contribution is -2.05. The number of hydrogen-bond acceptors (Lipinski definition) is 22. The molecule has 8 aromatic heterocycles. The Balaban J connectivity index is 0.000000243. The van der Waals surface area contributed by atoms with Crippen LogP contribution in [0.1, 0.15) is 89.4 Å². The molecule has 0 spiro atoms. The first-order valence-corrected chi connectivity index (χ1v) is 30.7. The van der Waals surface area contributed by atoms with Crippen molar-refractivity contribution in [3.63, 3.8) is 0 Å². The Morgan fingerprint density at radius 2 is 1.01 bits per heavy atom. The number of anilines is 3. The molecule has 0 atom stereocenters. The van der Waals surface area contributed by atoms with Crippen molar-refractivity contribution in [3.8, 4) is 34.5 Å². The molecule has 6 N–H and O–H groups in total. The average Bonchev–Trinajstić information content (AvgIpc) is 1.64. The van der Waals surface area contributed by atoms with Gasteiger partial charge in [-0.2, -0.15) is 0 Å². The molecule has 0 aliphatic carbocycles. The summed E-state index contributed by atoms with van der Waals surface area (Å²) in [5.74, 6) is 1.31. The number of carbonyl (C=O) groups excluding carboxylic acids is 2. The molecular formula is C68H72Cl4F2N10O12. The lowest BCUT2D eigenvalue weighted by Gasteiger charge is -2.10. The second kappa shape index (κ2) is 43.3. The molecule has 2 aromatic carbocycles. The van der Waals surface area contributed by atoms with Crippen LogP contribution in [-0.2, 0) is 46.3 Å². The number of nitrogens with zero attached hydrogens (tertiary/aromatic N) is 8. The van der Waals surface area contributed by atoms with Gasteiger partial charge in [0.2, 0.25) is 5.88 Å². The highest BCUT2D eigenvalue weighted by Crippen LogP contribution is 2.37. The van der Waals surface area contributed by atoms with E-state index < -0.39 is 11.6 Å². The fourth-order valence-electron chi connectivity index (χ4n) is 7.71. The van der Waals surface area contributed by atoms with Gasteiger partial charge in [-0.3, -0.25) is 39.5 Å². The maximum absolute atomic E-state index is 13.2. The molecule has 0 unspecified atom stereocenters. The minimum Gasteiger partial charge on any atom is -0.505 e. The lowest BCUT2D eigenvalue weighted by atomic mass is 10.2. The quantitative estimate of drug-likeness (QED) is 0.0205. The Morgan fingerprint density at radius 1 is 0.531 bits per heavy atom. The number of aliphatic imine (C=N–C) groups is 1. The SMILES string of the molecule is CCc1nccc(C=Nc2ccc(F)c(Cl)c2)c1O.CCc1nccc(C=O)c1O.CCc1nccc(C=O)c1OCOC.CCc1nccc2c(Nc3ccc(F)c(Cl)c3)c(N)oc12.CCc1ncccc1OCOC.COCOc1cccnc1Cl.Oc1cccnc1Cl. The first kappa shape index (κ1) is 78.8. The van der Waals surface area contributed by atoms with Crippen molar-refractivity contribution in [3.05, 3.63) is 218 Å². The third-order valence-electron chi connectivity index (χ3n) is 12.4. The molecule has 28 heteroatoms. The van der Waals surface area contributed by atoms with Crippen LogP contribution in [0.2, 0.25) is 20.4 Å². The molecule has 0 amide bonds. The van der Waals surface area contributed by atoms with Gasteiger partial charge in [-0.05, 0) is 129 Å². The zero-order valence-electron chi connectivity index (χ0n) is 53.6. The average molecular weight is 1400 g/mol. The van der Waals surface area contributed by atoms with Crippen molar-refractivity contribution >= 4 is 99.1 Å². The molecule has 0 bridgehead atoms. The molecule has 0 fully saturated rings. The number of fused-ring (bicyclic) bond motifs is 1. The van der Waals surface area contributed by atoms with E-state index in [1.807, 2.05) is 52.8 Å². The van der Waals surface area contributed by atoms with E-state index in [1.165, 1.54) is 68.2 Å². The molecular weight excluding hydrogens is 1330 g/mol. The first-order chi connectivity index (χ1) is 46.4. The number of carbonyl (C=O) groups is 2. The molecule has 0 saturated heterocycles. The van der Waals surface area contributed by atoms with Crippen LogP contribution in [0.3, 0.4) is 0 Å². The van der Waals surface area contributed by atoms with Gasteiger partial charge in [0, 0.05) is 87.6 Å². The maximum Gasteiger partial charge on any atom is 0.215 e. The Labute approximate surface area is 574 Å². The van der Waals surface area contributed by atoms with Gasteiger partial charge < -0.3 is 59.2 Å². The molecule has 22 nitrogen and oxygen atoms in total. The highest BCUT2D eigenvalue weighted by atomic mass is 35.5. The van der Waals surface area contributed by atoms with Crippen LogP contribution in [0, 0.1) is 11.6 Å². The number of aldehydes is 2. The number of benzene rings is 2. The molecule has 96 heavy (non-hydrogen) atoms. The summed E-state index contributed by atoms with van der Waals surface area (Å²) < 4.78 is 61.7.